The van der Waals surface area contributed by atoms with Gasteiger partial charge < -0.3 is 5.73 Å². The maximum atomic E-state index is 5.53. The molecule has 0 aliphatic carbocycles. The molecule has 4 heterocycles. The van der Waals surface area contributed by atoms with Gasteiger partial charge in [-0.1, -0.05) is 0 Å². The fraction of sp³-hybridized carbons (Fsp3) is 0.235. The van der Waals surface area contributed by atoms with E-state index < -0.39 is 0 Å². The minimum absolute atomic E-state index is 0.305. The zero-order chi connectivity index (χ0) is 16.4. The number of nitrogen functional groups attached to an aromatic ring is 1. The summed E-state index contributed by atoms with van der Waals surface area (Å²) in [6.07, 6.45) is 9.92. The number of hydrogen-bond donors (Lipinski definition) is 1. The van der Waals surface area contributed by atoms with Crippen molar-refractivity contribution in [3.63, 3.8) is 0 Å². The molecule has 0 fully saturated rings. The summed E-state index contributed by atoms with van der Waals surface area (Å²) in [5, 5.41) is 0. The second-order valence-corrected chi connectivity index (χ2v) is 5.81. The number of anilines is 1. The van der Waals surface area contributed by atoms with Crippen molar-refractivity contribution >= 4 is 5.95 Å². The van der Waals surface area contributed by atoms with Gasteiger partial charge in [0, 0.05) is 73.7 Å². The Labute approximate surface area is 139 Å². The van der Waals surface area contributed by atoms with E-state index in [1.165, 1.54) is 5.56 Å². The zero-order valence-corrected chi connectivity index (χ0v) is 13.1. The van der Waals surface area contributed by atoms with E-state index in [0.29, 0.717) is 5.95 Å². The third kappa shape index (κ3) is 3.07. The molecule has 120 valence electrons. The largest absolute Gasteiger partial charge is 0.368 e. The Morgan fingerprint density at radius 1 is 1.04 bits per heavy atom. The van der Waals surface area contributed by atoms with Gasteiger partial charge in [-0.3, -0.25) is 9.88 Å². The molecule has 4 rings (SSSR count). The van der Waals surface area contributed by atoms with Crippen LogP contribution in [0.1, 0.15) is 16.8 Å². The molecule has 3 aromatic heterocycles. The van der Waals surface area contributed by atoms with Gasteiger partial charge in [-0.25, -0.2) is 19.9 Å². The van der Waals surface area contributed by atoms with Gasteiger partial charge in [-0.05, 0) is 12.1 Å². The standard InChI is InChI=1S/C17H17N7/c18-17-21-7-12(8-22-17)10-24-6-3-15-14(11-24)9-20-16(23-15)13-1-4-19-5-2-13/h1-2,4-5,7-9H,3,6,10-11H2,(H2,18,21,22). The molecule has 2 N–H and O–H groups in total. The van der Waals surface area contributed by atoms with Crippen LogP contribution in [0.15, 0.2) is 43.1 Å². The lowest BCUT2D eigenvalue weighted by molar-refractivity contribution is 0.242. The van der Waals surface area contributed by atoms with E-state index in [9.17, 15) is 0 Å². The fourth-order valence-electron chi connectivity index (χ4n) is 2.85. The maximum absolute atomic E-state index is 5.53. The topological polar surface area (TPSA) is 93.7 Å². The molecule has 24 heavy (non-hydrogen) atoms. The third-order valence-corrected chi connectivity index (χ3v) is 4.08. The molecule has 0 saturated carbocycles. The SMILES string of the molecule is Nc1ncc(CN2CCc3nc(-c4ccncc4)ncc3C2)cn1. The molecule has 3 aromatic rings. The van der Waals surface area contributed by atoms with Crippen LogP contribution in [0.25, 0.3) is 11.4 Å². The summed E-state index contributed by atoms with van der Waals surface area (Å²) in [6, 6.07) is 3.86. The van der Waals surface area contributed by atoms with Crippen molar-refractivity contribution in [3.05, 3.63) is 59.9 Å². The zero-order valence-electron chi connectivity index (χ0n) is 13.1. The summed E-state index contributed by atoms with van der Waals surface area (Å²) in [5.41, 5.74) is 9.88. The first kappa shape index (κ1) is 14.6. The van der Waals surface area contributed by atoms with Crippen molar-refractivity contribution in [1.82, 2.24) is 29.8 Å². The molecular weight excluding hydrogens is 302 g/mol. The van der Waals surface area contributed by atoms with Crippen molar-refractivity contribution in [1.29, 1.82) is 0 Å². The summed E-state index contributed by atoms with van der Waals surface area (Å²) in [4.78, 5) is 23.7. The molecule has 0 radical (unpaired) electrons. The first-order chi connectivity index (χ1) is 11.8. The lowest BCUT2D eigenvalue weighted by atomic mass is 10.1. The molecule has 0 aromatic carbocycles. The lowest BCUT2D eigenvalue weighted by Gasteiger charge is -2.27. The quantitative estimate of drug-likeness (QED) is 0.781. The Balaban J connectivity index is 1.50. The number of aromatic nitrogens is 5. The first-order valence-corrected chi connectivity index (χ1v) is 7.82. The van der Waals surface area contributed by atoms with Crippen molar-refractivity contribution in [2.75, 3.05) is 12.3 Å². The molecule has 1 aliphatic rings. The molecule has 0 atom stereocenters. The third-order valence-electron chi connectivity index (χ3n) is 4.08. The summed E-state index contributed by atoms with van der Waals surface area (Å²) < 4.78 is 0. The van der Waals surface area contributed by atoms with Gasteiger partial charge in [0.2, 0.25) is 5.95 Å². The number of pyridine rings is 1. The predicted molar refractivity (Wildman–Crippen MR) is 89.5 cm³/mol. The number of hydrogen-bond acceptors (Lipinski definition) is 7. The van der Waals surface area contributed by atoms with Crippen molar-refractivity contribution in [2.24, 2.45) is 0 Å². The van der Waals surface area contributed by atoms with Crippen LogP contribution in [-0.4, -0.2) is 36.4 Å². The first-order valence-electron chi connectivity index (χ1n) is 7.82. The van der Waals surface area contributed by atoms with E-state index in [1.54, 1.807) is 24.8 Å². The molecule has 0 amide bonds. The van der Waals surface area contributed by atoms with Crippen LogP contribution in [0, 0.1) is 0 Å². The van der Waals surface area contributed by atoms with Crippen molar-refractivity contribution in [2.45, 2.75) is 19.5 Å². The number of rotatable bonds is 3. The van der Waals surface area contributed by atoms with Gasteiger partial charge in [-0.15, -0.1) is 0 Å². The van der Waals surface area contributed by atoms with Gasteiger partial charge >= 0.3 is 0 Å². The molecular formula is C17H17N7. The molecule has 0 bridgehead atoms. The Hall–Kier alpha value is -2.93. The van der Waals surface area contributed by atoms with Crippen LogP contribution in [0.4, 0.5) is 5.95 Å². The van der Waals surface area contributed by atoms with Gasteiger partial charge in [-0.2, -0.15) is 0 Å². The maximum Gasteiger partial charge on any atom is 0.219 e. The molecule has 7 nitrogen and oxygen atoms in total. The summed E-state index contributed by atoms with van der Waals surface area (Å²) >= 11 is 0. The average molecular weight is 319 g/mol. The van der Waals surface area contributed by atoms with Crippen LogP contribution in [0.3, 0.4) is 0 Å². The van der Waals surface area contributed by atoms with Gasteiger partial charge in [0.25, 0.3) is 0 Å². The Bertz CT molecular complexity index is 833. The van der Waals surface area contributed by atoms with Gasteiger partial charge in [0.15, 0.2) is 5.82 Å². The average Bonchev–Trinajstić information content (AvgIpc) is 2.64. The highest BCUT2D eigenvalue weighted by Crippen LogP contribution is 2.21. The summed E-state index contributed by atoms with van der Waals surface area (Å²) in [5.74, 6) is 1.07. The fourth-order valence-corrected chi connectivity index (χ4v) is 2.85. The van der Waals surface area contributed by atoms with E-state index in [0.717, 1.165) is 48.7 Å². The molecule has 0 unspecified atom stereocenters. The van der Waals surface area contributed by atoms with Crippen molar-refractivity contribution < 1.29 is 0 Å². The highest BCUT2D eigenvalue weighted by atomic mass is 15.1. The van der Waals surface area contributed by atoms with Crippen LogP contribution >= 0.6 is 0 Å². The number of fused-ring (bicyclic) bond motifs is 1. The Morgan fingerprint density at radius 2 is 1.83 bits per heavy atom. The number of nitrogens with zero attached hydrogens (tertiary/aromatic N) is 6. The normalized spacial score (nSPS) is 14.3. The summed E-state index contributed by atoms with van der Waals surface area (Å²) in [6.45, 7) is 2.58. The lowest BCUT2D eigenvalue weighted by Crippen LogP contribution is -2.31. The monoisotopic (exact) mass is 319 g/mol. The second kappa shape index (κ2) is 6.29. The minimum Gasteiger partial charge on any atom is -0.368 e. The smallest absolute Gasteiger partial charge is 0.219 e. The Kier molecular flexibility index (Phi) is 3.84. The highest BCUT2D eigenvalue weighted by Gasteiger charge is 2.19. The van der Waals surface area contributed by atoms with E-state index in [2.05, 4.69) is 24.8 Å². The molecule has 0 saturated heterocycles. The predicted octanol–water partition coefficient (Wildman–Crippen LogP) is 1.47. The minimum atomic E-state index is 0.305. The van der Waals surface area contributed by atoms with Crippen LogP contribution in [-0.2, 0) is 19.5 Å². The molecule has 7 heteroatoms. The van der Waals surface area contributed by atoms with Crippen molar-refractivity contribution in [3.8, 4) is 11.4 Å². The highest BCUT2D eigenvalue weighted by molar-refractivity contribution is 5.54. The van der Waals surface area contributed by atoms with Crippen LogP contribution in [0.2, 0.25) is 0 Å². The number of nitrogens with two attached hydrogens (primary N) is 1. The van der Waals surface area contributed by atoms with E-state index in [1.807, 2.05) is 18.3 Å². The van der Waals surface area contributed by atoms with Crippen LogP contribution in [0.5, 0.6) is 0 Å². The Morgan fingerprint density at radius 3 is 2.62 bits per heavy atom. The van der Waals surface area contributed by atoms with Crippen LogP contribution < -0.4 is 5.73 Å². The van der Waals surface area contributed by atoms with E-state index >= 15 is 0 Å². The van der Waals surface area contributed by atoms with E-state index in [-0.39, 0.29) is 0 Å². The van der Waals surface area contributed by atoms with Gasteiger partial charge in [0.1, 0.15) is 0 Å². The van der Waals surface area contributed by atoms with Gasteiger partial charge in [0.05, 0.1) is 5.69 Å². The van der Waals surface area contributed by atoms with E-state index in [4.69, 9.17) is 10.7 Å². The summed E-state index contributed by atoms with van der Waals surface area (Å²) in [7, 11) is 0. The molecule has 1 aliphatic heterocycles. The molecule has 0 spiro atoms. The second-order valence-electron chi connectivity index (χ2n) is 5.81.